The second-order valence-corrected chi connectivity index (χ2v) is 5.81. The van der Waals surface area contributed by atoms with Gasteiger partial charge in [0.15, 0.2) is 0 Å². The SMILES string of the molecule is COc1cccc(Nc2cc(C(=O)Nc3ccccc3C)nc(C)n2)c1. The van der Waals surface area contributed by atoms with Crippen LogP contribution >= 0.6 is 0 Å². The highest BCUT2D eigenvalue weighted by Crippen LogP contribution is 2.21. The molecule has 3 rings (SSSR count). The lowest BCUT2D eigenvalue weighted by atomic mass is 10.2. The zero-order chi connectivity index (χ0) is 18.5. The van der Waals surface area contributed by atoms with E-state index in [1.165, 1.54) is 0 Å². The van der Waals surface area contributed by atoms with Crippen LogP contribution in [0.15, 0.2) is 54.6 Å². The highest BCUT2D eigenvalue weighted by molar-refractivity contribution is 6.03. The van der Waals surface area contributed by atoms with E-state index in [2.05, 4.69) is 20.6 Å². The van der Waals surface area contributed by atoms with Gasteiger partial charge in [-0.15, -0.1) is 0 Å². The Hall–Kier alpha value is -3.41. The third-order valence-corrected chi connectivity index (χ3v) is 3.81. The third-order valence-electron chi connectivity index (χ3n) is 3.81. The minimum atomic E-state index is -0.279. The third kappa shape index (κ3) is 4.16. The summed E-state index contributed by atoms with van der Waals surface area (Å²) in [5.74, 6) is 1.50. The minimum Gasteiger partial charge on any atom is -0.497 e. The monoisotopic (exact) mass is 348 g/mol. The predicted octanol–water partition coefficient (Wildman–Crippen LogP) is 4.10. The first kappa shape index (κ1) is 17.4. The topological polar surface area (TPSA) is 76.1 Å². The lowest BCUT2D eigenvalue weighted by Gasteiger charge is -2.11. The maximum atomic E-state index is 12.6. The standard InChI is InChI=1S/C20H20N4O2/c1-13-7-4-5-10-17(13)24-20(25)18-12-19(22-14(2)21-18)23-15-8-6-9-16(11-15)26-3/h4-12H,1-3H3,(H,24,25)(H,21,22,23). The molecule has 0 fully saturated rings. The molecule has 1 amide bonds. The second-order valence-electron chi connectivity index (χ2n) is 5.81. The number of aryl methyl sites for hydroxylation is 2. The molecular formula is C20H20N4O2. The number of aromatic nitrogens is 2. The molecule has 132 valence electrons. The van der Waals surface area contributed by atoms with Crippen molar-refractivity contribution in [2.24, 2.45) is 0 Å². The van der Waals surface area contributed by atoms with E-state index in [1.54, 1.807) is 20.1 Å². The lowest BCUT2D eigenvalue weighted by molar-refractivity contribution is 0.102. The van der Waals surface area contributed by atoms with Gasteiger partial charge in [0.25, 0.3) is 5.91 Å². The number of hydrogen-bond donors (Lipinski definition) is 2. The van der Waals surface area contributed by atoms with E-state index in [9.17, 15) is 4.79 Å². The molecule has 0 saturated carbocycles. The van der Waals surface area contributed by atoms with Crippen LogP contribution in [-0.4, -0.2) is 23.0 Å². The van der Waals surface area contributed by atoms with Crippen molar-refractivity contribution in [3.05, 3.63) is 71.7 Å². The highest BCUT2D eigenvalue weighted by Gasteiger charge is 2.12. The van der Waals surface area contributed by atoms with E-state index in [-0.39, 0.29) is 5.91 Å². The van der Waals surface area contributed by atoms with Crippen LogP contribution in [0.1, 0.15) is 21.9 Å². The van der Waals surface area contributed by atoms with Gasteiger partial charge in [-0.1, -0.05) is 24.3 Å². The van der Waals surface area contributed by atoms with Gasteiger partial charge in [0.05, 0.1) is 7.11 Å². The second kappa shape index (κ2) is 7.65. The normalized spacial score (nSPS) is 10.3. The summed E-state index contributed by atoms with van der Waals surface area (Å²) in [5.41, 5.74) is 2.86. The number of methoxy groups -OCH3 is 1. The molecule has 0 atom stereocenters. The van der Waals surface area contributed by atoms with Crippen LogP contribution < -0.4 is 15.4 Å². The first-order valence-electron chi connectivity index (χ1n) is 8.19. The number of rotatable bonds is 5. The molecule has 0 aliphatic carbocycles. The number of nitrogens with one attached hydrogen (secondary N) is 2. The Bertz CT molecular complexity index is 941. The fourth-order valence-corrected chi connectivity index (χ4v) is 2.50. The van der Waals surface area contributed by atoms with Crippen molar-refractivity contribution in [2.45, 2.75) is 13.8 Å². The van der Waals surface area contributed by atoms with Crippen LogP contribution in [0.4, 0.5) is 17.2 Å². The van der Waals surface area contributed by atoms with E-state index in [1.807, 2.05) is 55.5 Å². The van der Waals surface area contributed by atoms with Gasteiger partial charge < -0.3 is 15.4 Å². The molecule has 0 aliphatic rings. The molecular weight excluding hydrogens is 328 g/mol. The van der Waals surface area contributed by atoms with E-state index < -0.39 is 0 Å². The van der Waals surface area contributed by atoms with Crippen LogP contribution in [0.3, 0.4) is 0 Å². The highest BCUT2D eigenvalue weighted by atomic mass is 16.5. The molecule has 0 bridgehead atoms. The summed E-state index contributed by atoms with van der Waals surface area (Å²) < 4.78 is 5.22. The minimum absolute atomic E-state index is 0.279. The number of para-hydroxylation sites is 1. The lowest BCUT2D eigenvalue weighted by Crippen LogP contribution is -2.16. The summed E-state index contributed by atoms with van der Waals surface area (Å²) in [6, 6.07) is 16.7. The Morgan fingerprint density at radius 1 is 1.00 bits per heavy atom. The first-order valence-corrected chi connectivity index (χ1v) is 8.19. The Kier molecular flexibility index (Phi) is 5.12. The van der Waals surface area contributed by atoms with Gasteiger partial charge in [0.2, 0.25) is 0 Å². The Morgan fingerprint density at radius 3 is 2.58 bits per heavy atom. The Balaban J connectivity index is 1.83. The summed E-state index contributed by atoms with van der Waals surface area (Å²) in [4.78, 5) is 21.2. The molecule has 0 aliphatic heterocycles. The number of anilines is 3. The molecule has 1 heterocycles. The smallest absolute Gasteiger partial charge is 0.274 e. The molecule has 3 aromatic rings. The number of hydrogen-bond acceptors (Lipinski definition) is 5. The summed E-state index contributed by atoms with van der Waals surface area (Å²) in [6.07, 6.45) is 0. The zero-order valence-corrected chi connectivity index (χ0v) is 14.9. The summed E-state index contributed by atoms with van der Waals surface area (Å²) >= 11 is 0. The largest absolute Gasteiger partial charge is 0.497 e. The molecule has 2 aromatic carbocycles. The van der Waals surface area contributed by atoms with Gasteiger partial charge in [-0.05, 0) is 37.6 Å². The maximum absolute atomic E-state index is 12.6. The van der Waals surface area contributed by atoms with Crippen molar-refractivity contribution in [3.8, 4) is 5.75 Å². The van der Waals surface area contributed by atoms with Crippen LogP contribution in [0, 0.1) is 13.8 Å². The summed E-state index contributed by atoms with van der Waals surface area (Å²) in [5, 5.41) is 6.06. The van der Waals surface area contributed by atoms with Gasteiger partial charge in [-0.2, -0.15) is 0 Å². The number of carbonyl (C=O) groups is 1. The number of benzene rings is 2. The molecule has 6 heteroatoms. The average Bonchev–Trinajstić information content (AvgIpc) is 2.63. The molecule has 26 heavy (non-hydrogen) atoms. The van der Waals surface area contributed by atoms with Crippen LogP contribution in [-0.2, 0) is 0 Å². The van der Waals surface area contributed by atoms with Gasteiger partial charge in [-0.25, -0.2) is 9.97 Å². The fourth-order valence-electron chi connectivity index (χ4n) is 2.50. The van der Waals surface area contributed by atoms with Crippen LogP contribution in [0.5, 0.6) is 5.75 Å². The Morgan fingerprint density at radius 2 is 1.81 bits per heavy atom. The van der Waals surface area contributed by atoms with Crippen molar-refractivity contribution < 1.29 is 9.53 Å². The van der Waals surface area contributed by atoms with Crippen molar-refractivity contribution in [2.75, 3.05) is 17.7 Å². The van der Waals surface area contributed by atoms with Crippen molar-refractivity contribution >= 4 is 23.1 Å². The number of amides is 1. The van der Waals surface area contributed by atoms with E-state index in [0.29, 0.717) is 17.3 Å². The molecule has 0 radical (unpaired) electrons. The molecule has 2 N–H and O–H groups in total. The van der Waals surface area contributed by atoms with Crippen LogP contribution in [0.25, 0.3) is 0 Å². The van der Waals surface area contributed by atoms with Gasteiger partial charge >= 0.3 is 0 Å². The predicted molar refractivity (Wildman–Crippen MR) is 102 cm³/mol. The van der Waals surface area contributed by atoms with E-state index in [4.69, 9.17) is 4.74 Å². The fraction of sp³-hybridized carbons (Fsp3) is 0.150. The quantitative estimate of drug-likeness (QED) is 0.726. The number of ether oxygens (including phenoxy) is 1. The van der Waals surface area contributed by atoms with Crippen molar-refractivity contribution in [1.29, 1.82) is 0 Å². The van der Waals surface area contributed by atoms with Gasteiger partial charge in [-0.3, -0.25) is 4.79 Å². The Labute approximate surface area is 152 Å². The average molecular weight is 348 g/mol. The van der Waals surface area contributed by atoms with Gasteiger partial charge in [0.1, 0.15) is 23.1 Å². The number of nitrogens with zero attached hydrogens (tertiary/aromatic N) is 2. The maximum Gasteiger partial charge on any atom is 0.274 e. The molecule has 0 spiro atoms. The zero-order valence-electron chi connectivity index (χ0n) is 14.9. The molecule has 1 aromatic heterocycles. The van der Waals surface area contributed by atoms with Crippen LogP contribution in [0.2, 0.25) is 0 Å². The summed E-state index contributed by atoms with van der Waals surface area (Å²) in [7, 11) is 1.61. The van der Waals surface area contributed by atoms with E-state index in [0.717, 1.165) is 22.7 Å². The number of carbonyl (C=O) groups excluding carboxylic acids is 1. The van der Waals surface area contributed by atoms with Gasteiger partial charge in [0, 0.05) is 23.5 Å². The molecule has 0 unspecified atom stereocenters. The molecule has 0 saturated heterocycles. The van der Waals surface area contributed by atoms with E-state index >= 15 is 0 Å². The van der Waals surface area contributed by atoms with Crippen molar-refractivity contribution in [1.82, 2.24) is 9.97 Å². The summed E-state index contributed by atoms with van der Waals surface area (Å²) in [6.45, 7) is 3.69. The molecule has 6 nitrogen and oxygen atoms in total. The van der Waals surface area contributed by atoms with Crippen molar-refractivity contribution in [3.63, 3.8) is 0 Å². The first-order chi connectivity index (χ1) is 12.5.